The molecule has 9 atom stereocenters. The Bertz CT molecular complexity index is 787. The maximum atomic E-state index is 11.8. The smallest absolute Gasteiger partial charge is 0.204 e. The number of aliphatic hydroxyl groups is 1. The van der Waals surface area contributed by atoms with E-state index in [9.17, 15) is 13.5 Å². The van der Waals surface area contributed by atoms with Gasteiger partial charge in [-0.3, -0.25) is 0 Å². The van der Waals surface area contributed by atoms with Crippen LogP contribution in [0.3, 0.4) is 0 Å². The quantitative estimate of drug-likeness (QED) is 0.642. The highest BCUT2D eigenvalue weighted by Gasteiger charge is 2.71. The summed E-state index contributed by atoms with van der Waals surface area (Å²) < 4.78 is 36.3. The Morgan fingerprint density at radius 2 is 2.00 bits per heavy atom. The van der Waals surface area contributed by atoms with E-state index < -0.39 is 33.6 Å². The van der Waals surface area contributed by atoms with Crippen LogP contribution < -0.4 is 0 Å². The maximum Gasteiger partial charge on any atom is 0.204 e. The summed E-state index contributed by atoms with van der Waals surface area (Å²) in [7, 11) is -3.14. The highest BCUT2D eigenvalue weighted by Crippen LogP contribution is 2.60. The van der Waals surface area contributed by atoms with Crippen molar-refractivity contribution in [3.8, 4) is 0 Å². The molecule has 6 aliphatic rings. The molecule has 158 valence electrons. The van der Waals surface area contributed by atoms with Crippen molar-refractivity contribution in [3.05, 3.63) is 11.6 Å². The molecular formula is C19H29NO7S. The molecule has 5 heterocycles. The van der Waals surface area contributed by atoms with Crippen LogP contribution in [0.5, 0.6) is 0 Å². The molecule has 28 heavy (non-hydrogen) atoms. The average Bonchev–Trinajstić information content (AvgIpc) is 2.79. The van der Waals surface area contributed by atoms with Gasteiger partial charge in [-0.05, 0) is 25.7 Å². The first-order valence-corrected chi connectivity index (χ1v) is 11.9. The van der Waals surface area contributed by atoms with E-state index in [4.69, 9.17) is 19.2 Å². The normalized spacial score (nSPS) is 54.9. The Morgan fingerprint density at radius 3 is 2.71 bits per heavy atom. The minimum absolute atomic E-state index is 0.0542. The summed E-state index contributed by atoms with van der Waals surface area (Å²) in [6.45, 7) is 6.41. The number of sulfone groups is 1. The van der Waals surface area contributed by atoms with Gasteiger partial charge in [0.05, 0.1) is 11.9 Å². The molecule has 1 spiro atoms. The van der Waals surface area contributed by atoms with E-state index in [0.717, 1.165) is 12.8 Å². The minimum Gasteiger partial charge on any atom is -0.392 e. The van der Waals surface area contributed by atoms with Gasteiger partial charge in [-0.2, -0.15) is 0 Å². The highest BCUT2D eigenvalue weighted by atomic mass is 32.2. The van der Waals surface area contributed by atoms with Crippen LogP contribution in [0.25, 0.3) is 0 Å². The molecule has 8 nitrogen and oxygen atoms in total. The first-order valence-electron chi connectivity index (χ1n) is 10.2. The molecule has 0 radical (unpaired) electrons. The van der Waals surface area contributed by atoms with Gasteiger partial charge in [-0.1, -0.05) is 13.8 Å². The van der Waals surface area contributed by atoms with Crippen LogP contribution in [0.2, 0.25) is 0 Å². The second-order valence-corrected chi connectivity index (χ2v) is 11.3. The third kappa shape index (κ3) is 2.63. The van der Waals surface area contributed by atoms with E-state index in [2.05, 4.69) is 13.8 Å². The highest BCUT2D eigenvalue weighted by molar-refractivity contribution is 7.94. The van der Waals surface area contributed by atoms with Gasteiger partial charge < -0.3 is 19.5 Å². The molecule has 1 saturated carbocycles. The van der Waals surface area contributed by atoms with Gasteiger partial charge >= 0.3 is 0 Å². The number of aliphatic hydroxyl groups excluding tert-OH is 1. The zero-order chi connectivity index (χ0) is 19.9. The van der Waals surface area contributed by atoms with Crippen LogP contribution in [0.15, 0.2) is 11.6 Å². The SMILES string of the molecule is CC1CCC2[C@@H](C)[C@H](N3C=CS(=O)(=O)CC3)OC3O[C@]4(C)C[C@H](O)C1[C@]32OO4. The van der Waals surface area contributed by atoms with Gasteiger partial charge in [0.1, 0.15) is 6.23 Å². The molecule has 5 aliphatic heterocycles. The second kappa shape index (κ2) is 6.15. The van der Waals surface area contributed by atoms with E-state index >= 15 is 0 Å². The Labute approximate surface area is 165 Å². The Kier molecular flexibility index (Phi) is 4.23. The van der Waals surface area contributed by atoms with Gasteiger partial charge in [0.15, 0.2) is 21.7 Å². The van der Waals surface area contributed by atoms with Crippen molar-refractivity contribution in [3.63, 3.8) is 0 Å². The molecule has 4 saturated heterocycles. The van der Waals surface area contributed by atoms with Gasteiger partial charge in [0, 0.05) is 42.3 Å². The molecule has 4 unspecified atom stereocenters. The van der Waals surface area contributed by atoms with Gasteiger partial charge in [0.2, 0.25) is 5.79 Å². The standard InChI is InChI=1S/C19H29NO7S/c1-11-4-5-13-12(2)16(20-6-8-28(22,23)9-7-20)24-17-19(13)15(11)14(21)10-18(3,25-17)26-27-19/h6,8,11-17,21H,4-5,7,9-10H2,1-3H3/t11?,12-,13?,14+,15?,16-,17?,18+,19+/m1/s1. The van der Waals surface area contributed by atoms with Crippen molar-refractivity contribution in [2.75, 3.05) is 12.3 Å². The summed E-state index contributed by atoms with van der Waals surface area (Å²) in [5, 5.41) is 12.3. The fourth-order valence-corrected chi connectivity index (χ4v) is 7.13. The van der Waals surface area contributed by atoms with Crippen LogP contribution in [-0.2, 0) is 29.1 Å². The largest absolute Gasteiger partial charge is 0.392 e. The lowest BCUT2D eigenvalue weighted by Crippen LogP contribution is -2.72. The first-order chi connectivity index (χ1) is 13.2. The lowest BCUT2D eigenvalue weighted by atomic mass is 9.57. The second-order valence-electron chi connectivity index (χ2n) is 9.34. The molecule has 1 N–H and O–H groups in total. The van der Waals surface area contributed by atoms with E-state index in [1.165, 1.54) is 5.41 Å². The number of rotatable bonds is 1. The molecule has 2 bridgehead atoms. The van der Waals surface area contributed by atoms with Crippen molar-refractivity contribution in [1.82, 2.24) is 4.90 Å². The van der Waals surface area contributed by atoms with Crippen LogP contribution in [0, 0.1) is 23.7 Å². The Morgan fingerprint density at radius 1 is 1.21 bits per heavy atom. The Balaban J connectivity index is 1.54. The van der Waals surface area contributed by atoms with Crippen molar-refractivity contribution >= 4 is 9.84 Å². The molecule has 0 aromatic carbocycles. The number of hydrogen-bond donors (Lipinski definition) is 1. The minimum atomic E-state index is -3.14. The lowest BCUT2D eigenvalue weighted by Gasteiger charge is -2.61. The van der Waals surface area contributed by atoms with Crippen LogP contribution in [0.1, 0.15) is 40.0 Å². The van der Waals surface area contributed by atoms with Crippen LogP contribution in [0.4, 0.5) is 0 Å². The number of hydrogen-bond acceptors (Lipinski definition) is 8. The zero-order valence-corrected chi connectivity index (χ0v) is 17.3. The van der Waals surface area contributed by atoms with Gasteiger partial charge in [-0.15, -0.1) is 0 Å². The average molecular weight is 416 g/mol. The third-order valence-electron chi connectivity index (χ3n) is 7.50. The Hall–Kier alpha value is -0.710. The monoisotopic (exact) mass is 415 g/mol. The topological polar surface area (TPSA) is 94.5 Å². The number of fused-ring (bicyclic) bond motifs is 2. The summed E-state index contributed by atoms with van der Waals surface area (Å²) in [6.07, 6.45) is 2.27. The number of nitrogens with zero attached hydrogens (tertiary/aromatic N) is 1. The summed E-state index contributed by atoms with van der Waals surface area (Å²) in [5.41, 5.74) is -0.853. The van der Waals surface area contributed by atoms with Crippen molar-refractivity contribution in [1.29, 1.82) is 0 Å². The van der Waals surface area contributed by atoms with Crippen molar-refractivity contribution in [2.45, 2.75) is 70.0 Å². The molecule has 6 rings (SSSR count). The van der Waals surface area contributed by atoms with Crippen molar-refractivity contribution in [2.24, 2.45) is 23.7 Å². The maximum absolute atomic E-state index is 11.8. The fourth-order valence-electron chi connectivity index (χ4n) is 6.19. The first kappa shape index (κ1) is 19.3. The summed E-state index contributed by atoms with van der Waals surface area (Å²) in [4.78, 5) is 13.7. The van der Waals surface area contributed by atoms with E-state index in [0.29, 0.717) is 13.0 Å². The summed E-state index contributed by atoms with van der Waals surface area (Å²) in [5.74, 6) is -0.744. The van der Waals surface area contributed by atoms with E-state index in [-0.39, 0.29) is 35.7 Å². The summed E-state index contributed by atoms with van der Waals surface area (Å²) >= 11 is 0. The van der Waals surface area contributed by atoms with E-state index in [1.807, 2.05) is 4.90 Å². The van der Waals surface area contributed by atoms with E-state index in [1.54, 1.807) is 13.1 Å². The molecule has 5 fully saturated rings. The fraction of sp³-hybridized carbons (Fsp3) is 0.895. The zero-order valence-electron chi connectivity index (χ0n) is 16.5. The molecule has 0 amide bonds. The third-order valence-corrected chi connectivity index (χ3v) is 8.78. The van der Waals surface area contributed by atoms with Crippen LogP contribution >= 0.6 is 0 Å². The van der Waals surface area contributed by atoms with Gasteiger partial charge in [0.25, 0.3) is 0 Å². The predicted octanol–water partition coefficient (Wildman–Crippen LogP) is 1.37. The molecule has 0 aromatic rings. The molecular weight excluding hydrogens is 386 g/mol. The van der Waals surface area contributed by atoms with Crippen molar-refractivity contribution < 1.29 is 32.8 Å². The molecule has 9 heteroatoms. The number of ether oxygens (including phenoxy) is 2. The molecule has 0 aromatic heterocycles. The van der Waals surface area contributed by atoms with Crippen LogP contribution in [-0.4, -0.2) is 60.7 Å². The molecule has 1 aliphatic carbocycles. The lowest BCUT2D eigenvalue weighted by molar-refractivity contribution is -0.573. The van der Waals surface area contributed by atoms with Gasteiger partial charge in [-0.25, -0.2) is 18.2 Å². The summed E-state index contributed by atoms with van der Waals surface area (Å²) in [6, 6.07) is 0. The predicted molar refractivity (Wildman–Crippen MR) is 97.9 cm³/mol.